The molecule has 3 nitrogen and oxygen atoms in total. The average Bonchev–Trinajstić information content (AvgIpc) is 2.02. The Kier molecular flexibility index (Phi) is 7.17. The summed E-state index contributed by atoms with van der Waals surface area (Å²) in [4.78, 5) is 4.13. The van der Waals surface area contributed by atoms with Crippen molar-refractivity contribution in [3.8, 4) is 0 Å². The molecule has 0 saturated heterocycles. The maximum Gasteiger partial charge on any atom is 0.167 e. The molecule has 0 aromatic rings. The highest BCUT2D eigenvalue weighted by atomic mass is 28.2. The highest BCUT2D eigenvalue weighted by Gasteiger charge is 2.12. The van der Waals surface area contributed by atoms with E-state index in [2.05, 4.69) is 22.1 Å². The molecule has 0 N–H and O–H groups in total. The van der Waals surface area contributed by atoms with Gasteiger partial charge >= 0.3 is 0 Å². The van der Waals surface area contributed by atoms with Gasteiger partial charge in [-0.05, 0) is 34.2 Å². The first kappa shape index (κ1) is 12.8. The Labute approximate surface area is 84.2 Å². The molecule has 0 amide bonds. The third-order valence-electron chi connectivity index (χ3n) is 1.70. The molecule has 0 fully saturated rings. The largest absolute Gasteiger partial charge is 0.350 e. The van der Waals surface area contributed by atoms with Gasteiger partial charge < -0.3 is 4.74 Å². The van der Waals surface area contributed by atoms with Crippen LogP contribution in [0.25, 0.3) is 0 Å². The van der Waals surface area contributed by atoms with Crippen LogP contribution in [0.15, 0.2) is 12.3 Å². The number of hydrogen-bond donors (Lipinski definition) is 0. The van der Waals surface area contributed by atoms with Gasteiger partial charge in [-0.1, -0.05) is 0 Å². The lowest BCUT2D eigenvalue weighted by molar-refractivity contribution is -0.114. The number of nitrogens with zero attached hydrogens (tertiary/aromatic N) is 2. The molecule has 0 unspecified atom stereocenters. The van der Waals surface area contributed by atoms with Crippen molar-refractivity contribution < 1.29 is 4.74 Å². The van der Waals surface area contributed by atoms with E-state index in [1.165, 1.54) is 6.04 Å². The second kappa shape index (κ2) is 7.26. The molecular formula is C9H22N2OSi. The summed E-state index contributed by atoms with van der Waals surface area (Å²) in [7, 11) is 8.03. The van der Waals surface area contributed by atoms with Crippen LogP contribution in [0.3, 0.4) is 0 Å². The summed E-state index contributed by atoms with van der Waals surface area (Å²) >= 11 is 0. The second-order valence-electron chi connectivity index (χ2n) is 3.56. The van der Waals surface area contributed by atoms with Gasteiger partial charge in [-0.25, -0.2) is 0 Å². The van der Waals surface area contributed by atoms with Gasteiger partial charge in [0.05, 0.1) is 0 Å². The minimum atomic E-state index is -0.0685. The topological polar surface area (TPSA) is 15.7 Å². The molecule has 4 heteroatoms. The van der Waals surface area contributed by atoms with Crippen molar-refractivity contribution >= 4 is 9.52 Å². The van der Waals surface area contributed by atoms with E-state index in [-0.39, 0.29) is 15.9 Å². The van der Waals surface area contributed by atoms with Crippen LogP contribution < -0.4 is 0 Å². The molecule has 0 aliphatic rings. The van der Waals surface area contributed by atoms with Crippen LogP contribution in [0.5, 0.6) is 0 Å². The summed E-state index contributed by atoms with van der Waals surface area (Å²) in [6.45, 7) is 4.58. The summed E-state index contributed by atoms with van der Waals surface area (Å²) in [5.74, 6) is 0. The maximum absolute atomic E-state index is 5.71. The summed E-state index contributed by atoms with van der Waals surface area (Å²) in [6.07, 6.45) is 0.0961. The van der Waals surface area contributed by atoms with Crippen LogP contribution in [0.4, 0.5) is 0 Å². The fraction of sp³-hybridized carbons (Fsp3) is 0.778. The molecule has 0 heterocycles. The van der Waals surface area contributed by atoms with E-state index < -0.39 is 0 Å². The van der Waals surface area contributed by atoms with Crippen molar-refractivity contribution in [1.82, 2.24) is 9.80 Å². The normalized spacial score (nSPS) is 12.5. The highest BCUT2D eigenvalue weighted by molar-refractivity contribution is 6.41. The quantitative estimate of drug-likeness (QED) is 0.332. The van der Waals surface area contributed by atoms with E-state index in [1.54, 1.807) is 0 Å². The van der Waals surface area contributed by atoms with Crippen LogP contribution in [-0.4, -0.2) is 60.5 Å². The molecule has 0 aliphatic heterocycles. The monoisotopic (exact) mass is 202 g/mol. The van der Waals surface area contributed by atoms with Crippen molar-refractivity contribution in [2.75, 3.05) is 34.8 Å². The summed E-state index contributed by atoms with van der Waals surface area (Å²) in [6, 6.07) is 1.18. The minimum absolute atomic E-state index is 0.0685. The minimum Gasteiger partial charge on any atom is -0.350 e. The van der Waals surface area contributed by atoms with Gasteiger partial charge in [0.25, 0.3) is 0 Å². The van der Waals surface area contributed by atoms with E-state index >= 15 is 0 Å². The van der Waals surface area contributed by atoms with Gasteiger partial charge in [-0.3, -0.25) is 9.80 Å². The van der Waals surface area contributed by atoms with Crippen LogP contribution in [0, 0.1) is 0 Å². The Morgan fingerprint density at radius 3 is 2.23 bits per heavy atom. The first-order valence-corrected chi connectivity index (χ1v) is 6.46. The second-order valence-corrected chi connectivity index (χ2v) is 5.42. The molecule has 0 aliphatic carbocycles. The predicted molar refractivity (Wildman–Crippen MR) is 60.7 cm³/mol. The number of rotatable bonds is 7. The molecule has 78 valence electrons. The fourth-order valence-corrected chi connectivity index (χ4v) is 1.80. The van der Waals surface area contributed by atoms with Gasteiger partial charge in [0.15, 0.2) is 6.35 Å². The third-order valence-corrected chi connectivity index (χ3v) is 2.81. The molecule has 0 saturated carbocycles. The Morgan fingerprint density at radius 1 is 1.31 bits per heavy atom. The SMILES string of the molecule is C=C[SiH2]CCOC(N(C)C)N(C)C. The van der Waals surface area contributed by atoms with E-state index in [4.69, 9.17) is 4.74 Å². The Morgan fingerprint density at radius 2 is 1.85 bits per heavy atom. The lowest BCUT2D eigenvalue weighted by Crippen LogP contribution is -2.42. The molecule has 0 spiro atoms. The highest BCUT2D eigenvalue weighted by Crippen LogP contribution is 1.99. The molecule has 0 aromatic heterocycles. The predicted octanol–water partition coefficient (Wildman–Crippen LogP) is 0.140. The molecule has 0 bridgehead atoms. The van der Waals surface area contributed by atoms with Crippen molar-refractivity contribution in [3.63, 3.8) is 0 Å². The molecule has 0 atom stereocenters. The van der Waals surface area contributed by atoms with Crippen molar-refractivity contribution in [1.29, 1.82) is 0 Å². The van der Waals surface area contributed by atoms with Crippen LogP contribution in [-0.2, 0) is 4.74 Å². The van der Waals surface area contributed by atoms with Gasteiger partial charge in [-0.2, -0.15) is 0 Å². The molecular weight excluding hydrogens is 180 g/mol. The van der Waals surface area contributed by atoms with Gasteiger partial charge in [-0.15, -0.1) is 12.3 Å². The number of ether oxygens (including phenoxy) is 1. The Hall–Kier alpha value is -0.163. The lowest BCUT2D eigenvalue weighted by atomic mass is 10.7. The zero-order valence-corrected chi connectivity index (χ0v) is 10.7. The first-order chi connectivity index (χ1) is 6.09. The van der Waals surface area contributed by atoms with Crippen molar-refractivity contribution in [2.45, 2.75) is 12.4 Å². The summed E-state index contributed by atoms with van der Waals surface area (Å²) in [5.41, 5.74) is 2.06. The van der Waals surface area contributed by atoms with E-state index in [0.29, 0.717) is 0 Å². The van der Waals surface area contributed by atoms with E-state index in [1.807, 2.05) is 28.2 Å². The van der Waals surface area contributed by atoms with Crippen LogP contribution >= 0.6 is 0 Å². The van der Waals surface area contributed by atoms with E-state index in [0.717, 1.165) is 6.61 Å². The number of hydrogen-bond acceptors (Lipinski definition) is 3. The van der Waals surface area contributed by atoms with Gasteiger partial charge in [0, 0.05) is 16.1 Å². The van der Waals surface area contributed by atoms with E-state index in [9.17, 15) is 0 Å². The summed E-state index contributed by atoms with van der Waals surface area (Å²) in [5, 5.41) is 0. The maximum atomic E-state index is 5.71. The van der Waals surface area contributed by atoms with Gasteiger partial charge in [0.2, 0.25) is 0 Å². The smallest absolute Gasteiger partial charge is 0.167 e. The standard InChI is InChI=1S/C9H22N2OSi/c1-6-13-8-7-12-9(10(2)3)11(4)5/h6,9H,1,7-8,13H2,2-5H3. The fourth-order valence-electron chi connectivity index (χ4n) is 1.18. The third kappa shape index (κ3) is 5.98. The lowest BCUT2D eigenvalue weighted by Gasteiger charge is -2.30. The zero-order valence-electron chi connectivity index (χ0n) is 9.29. The van der Waals surface area contributed by atoms with Crippen LogP contribution in [0.2, 0.25) is 6.04 Å². The van der Waals surface area contributed by atoms with Gasteiger partial charge in [0.1, 0.15) is 0 Å². The molecule has 0 aromatic carbocycles. The van der Waals surface area contributed by atoms with Crippen molar-refractivity contribution in [2.24, 2.45) is 0 Å². The first-order valence-electron chi connectivity index (χ1n) is 4.65. The molecule has 0 radical (unpaired) electrons. The molecule has 13 heavy (non-hydrogen) atoms. The Balaban J connectivity index is 3.63. The average molecular weight is 202 g/mol. The van der Waals surface area contributed by atoms with Crippen LogP contribution in [0.1, 0.15) is 0 Å². The zero-order chi connectivity index (χ0) is 10.3. The molecule has 0 rings (SSSR count). The Bertz CT molecular complexity index is 132. The summed E-state index contributed by atoms with van der Waals surface area (Å²) < 4.78 is 5.71. The van der Waals surface area contributed by atoms with Crippen molar-refractivity contribution in [3.05, 3.63) is 12.3 Å².